The third-order valence-corrected chi connectivity index (χ3v) is 14.5. The summed E-state index contributed by atoms with van der Waals surface area (Å²) in [5.41, 5.74) is -12.9. The van der Waals surface area contributed by atoms with Crippen molar-refractivity contribution in [3.8, 4) is 0 Å². The third-order valence-electron chi connectivity index (χ3n) is 5.49. The Morgan fingerprint density at radius 1 is 0.256 bits per heavy atom. The molecule has 0 aliphatic heterocycles. The number of hydrogen-bond acceptors (Lipinski definition) is 0. The van der Waals surface area contributed by atoms with Crippen LogP contribution in [0.1, 0.15) is 33.4 Å². The minimum absolute atomic E-state index is 0.145. The Labute approximate surface area is 235 Å². The van der Waals surface area contributed by atoms with E-state index < -0.39 is 120 Å². The molecule has 3 aromatic carbocycles. The van der Waals surface area contributed by atoms with Gasteiger partial charge in [-0.15, -0.1) is 0 Å². The second-order valence-electron chi connectivity index (χ2n) is 8.63. The summed E-state index contributed by atoms with van der Waals surface area (Å²) < 4.78 is 240. The fraction of sp³-hybridized carbons (Fsp3) is 0.250. The second-order valence-corrected chi connectivity index (χ2v) is 17.3. The molecule has 0 fully saturated rings. The van der Waals surface area contributed by atoms with Gasteiger partial charge in [-0.1, -0.05) is 0 Å². The van der Waals surface area contributed by atoms with Crippen LogP contribution in [0.3, 0.4) is 0 Å². The van der Waals surface area contributed by atoms with E-state index in [0.717, 1.165) is 0 Å². The van der Waals surface area contributed by atoms with Crippen molar-refractivity contribution in [2.24, 2.45) is 0 Å². The molecule has 0 atom stereocenters. The Kier molecular flexibility index (Phi) is 8.91. The van der Waals surface area contributed by atoms with Gasteiger partial charge in [0.2, 0.25) is 0 Å². The first-order chi connectivity index (χ1) is 19.1. The van der Waals surface area contributed by atoms with Crippen LogP contribution in [0.15, 0.2) is 54.6 Å². The van der Waals surface area contributed by atoms with Gasteiger partial charge in [0.05, 0.1) is 0 Å². The molecule has 0 heterocycles. The van der Waals surface area contributed by atoms with Gasteiger partial charge in [0.1, 0.15) is 0 Å². The number of halogens is 18. The molecule has 0 bridgehead atoms. The summed E-state index contributed by atoms with van der Waals surface area (Å²) in [6.45, 7) is 0. The van der Waals surface area contributed by atoms with Crippen molar-refractivity contribution >= 4 is 31.6 Å². The van der Waals surface area contributed by atoms with Gasteiger partial charge < -0.3 is 0 Å². The Balaban J connectivity index is 2.60. The van der Waals surface area contributed by atoms with E-state index in [0.29, 0.717) is 0 Å². The first-order valence-corrected chi connectivity index (χ1v) is 16.0. The maximum atomic E-state index is 13.5. The maximum absolute atomic E-state index is 13.5. The van der Waals surface area contributed by atoms with Gasteiger partial charge in [0, 0.05) is 0 Å². The predicted octanol–water partition coefficient (Wildman–Crippen LogP) is 8.32. The first-order valence-electron chi connectivity index (χ1n) is 10.8. The zero-order valence-corrected chi connectivity index (χ0v) is 23.4. The van der Waals surface area contributed by atoms with Crippen LogP contribution in [-0.4, -0.2) is 21.8 Å². The third kappa shape index (κ3) is 8.26. The normalized spacial score (nSPS) is 14.0. The van der Waals surface area contributed by atoms with E-state index in [9.17, 15) is 79.0 Å². The van der Waals surface area contributed by atoms with Crippen LogP contribution in [0.5, 0.6) is 0 Å². The minimum atomic E-state index is -5.85. The van der Waals surface area contributed by atoms with Crippen molar-refractivity contribution in [1.82, 2.24) is 0 Å². The predicted molar refractivity (Wildman–Crippen MR) is 114 cm³/mol. The van der Waals surface area contributed by atoms with Crippen LogP contribution < -0.4 is 9.81 Å². The summed E-state index contributed by atoms with van der Waals surface area (Å²) in [6.07, 6.45) is -33.8. The molecule has 3 rings (SSSR count). The summed E-state index contributed by atoms with van der Waals surface area (Å²) in [7, 11) is 0. The van der Waals surface area contributed by atoms with Gasteiger partial charge in [-0.25, -0.2) is 0 Å². The van der Waals surface area contributed by atoms with Gasteiger partial charge in [-0.3, -0.25) is 0 Å². The molecule has 0 aliphatic rings. The van der Waals surface area contributed by atoms with Crippen molar-refractivity contribution in [3.05, 3.63) is 88.0 Å². The van der Waals surface area contributed by atoms with E-state index in [1.54, 1.807) is 0 Å². The van der Waals surface area contributed by atoms with Crippen molar-refractivity contribution < 1.29 is 79.0 Å². The molecule has 0 saturated heterocycles. The average Bonchev–Trinajstić information content (AvgIpc) is 2.80. The quantitative estimate of drug-likeness (QED) is 0.184. The molecule has 3 aromatic rings. The Morgan fingerprint density at radius 3 is 0.512 bits per heavy atom. The molecule has 0 saturated carbocycles. The van der Waals surface area contributed by atoms with Gasteiger partial charge in [0.25, 0.3) is 0 Å². The molecule has 0 spiro atoms. The van der Waals surface area contributed by atoms with Crippen LogP contribution in [-0.2, 0) is 37.1 Å². The summed E-state index contributed by atoms with van der Waals surface area (Å²) in [5, 5.41) is 0. The Morgan fingerprint density at radius 2 is 0.395 bits per heavy atom. The molecule has 0 amide bonds. The van der Waals surface area contributed by atoms with E-state index in [4.69, 9.17) is 0 Å². The van der Waals surface area contributed by atoms with E-state index in [2.05, 4.69) is 0 Å². The number of hydrogen-bond donors (Lipinski definition) is 0. The van der Waals surface area contributed by atoms with Crippen LogP contribution in [0.4, 0.5) is 79.0 Å². The summed E-state index contributed by atoms with van der Waals surface area (Å²) in [4.78, 5) is 0. The summed E-state index contributed by atoms with van der Waals surface area (Å²) >= 11 is -5.85. The molecule has 0 unspecified atom stereocenters. The van der Waals surface area contributed by atoms with E-state index in [1.807, 2.05) is 0 Å². The van der Waals surface area contributed by atoms with Crippen molar-refractivity contribution in [2.75, 3.05) is 0 Å². The molecular formula is C24H9BiF18. The van der Waals surface area contributed by atoms with Crippen molar-refractivity contribution in [1.29, 1.82) is 0 Å². The Hall–Kier alpha value is -2.72. The molecule has 0 nitrogen and oxygen atoms in total. The zero-order valence-electron chi connectivity index (χ0n) is 19.9. The molecule has 0 aromatic heterocycles. The second kappa shape index (κ2) is 11.0. The van der Waals surface area contributed by atoms with Crippen LogP contribution in [0.25, 0.3) is 0 Å². The topological polar surface area (TPSA) is 0 Å². The summed E-state index contributed by atoms with van der Waals surface area (Å²) in [6, 6.07) is -2.31. The molecule has 0 radical (unpaired) electrons. The van der Waals surface area contributed by atoms with Gasteiger partial charge in [-0.05, 0) is 0 Å². The summed E-state index contributed by atoms with van der Waals surface area (Å²) in [5.74, 6) is 0. The number of rotatable bonds is 3. The van der Waals surface area contributed by atoms with Crippen LogP contribution >= 0.6 is 0 Å². The Bertz CT molecular complexity index is 1210. The first kappa shape index (κ1) is 34.8. The van der Waals surface area contributed by atoms with E-state index in [-0.39, 0.29) is 36.4 Å². The fourth-order valence-electron chi connectivity index (χ4n) is 3.65. The molecule has 0 aliphatic carbocycles. The molecular weight excluding hydrogens is 839 g/mol. The van der Waals surface area contributed by atoms with Crippen molar-refractivity contribution in [3.63, 3.8) is 0 Å². The van der Waals surface area contributed by atoms with Crippen LogP contribution in [0.2, 0.25) is 0 Å². The molecule has 43 heavy (non-hydrogen) atoms. The van der Waals surface area contributed by atoms with E-state index >= 15 is 0 Å². The SMILES string of the molecule is FC(F)(F)c1c[c]([Bi]([c]2cc(C(F)(F)F)cc(C(F)(F)F)c2)[c]2cc(C(F)(F)F)cc(C(F)(F)F)c2)cc(C(F)(F)F)c1. The van der Waals surface area contributed by atoms with Crippen LogP contribution in [0, 0.1) is 0 Å². The molecule has 0 N–H and O–H groups in total. The van der Waals surface area contributed by atoms with Gasteiger partial charge >= 0.3 is 236 Å². The number of alkyl halides is 18. The van der Waals surface area contributed by atoms with E-state index in [1.165, 1.54) is 0 Å². The molecule has 19 heteroatoms. The monoisotopic (exact) mass is 848 g/mol. The zero-order chi connectivity index (χ0) is 33.1. The standard InChI is InChI=1S/3C8H3F6.Bi/c3*9-7(10,11)5-2-1-3-6(4-5)8(12,13)14;/h3*2-4H;. The molecule has 236 valence electrons. The fourth-order valence-corrected chi connectivity index (χ4v) is 13.4. The average molecular weight is 848 g/mol. The van der Waals surface area contributed by atoms with Gasteiger partial charge in [0.15, 0.2) is 0 Å². The van der Waals surface area contributed by atoms with Gasteiger partial charge in [-0.2, -0.15) is 0 Å². The van der Waals surface area contributed by atoms with Crippen molar-refractivity contribution in [2.45, 2.75) is 37.1 Å². The number of benzene rings is 3.